The molecule has 0 fully saturated rings. The molecule has 1 N–H and O–H groups in total. The van der Waals surface area contributed by atoms with E-state index in [4.69, 9.17) is 9.47 Å². The van der Waals surface area contributed by atoms with Gasteiger partial charge in [-0.2, -0.15) is 0 Å². The van der Waals surface area contributed by atoms with Gasteiger partial charge in [-0.3, -0.25) is 0 Å². The summed E-state index contributed by atoms with van der Waals surface area (Å²) in [7, 11) is 5.54. The van der Waals surface area contributed by atoms with Crippen LogP contribution in [0.4, 0.5) is 0 Å². The van der Waals surface area contributed by atoms with Gasteiger partial charge in [-0.05, 0) is 73.7 Å². The van der Waals surface area contributed by atoms with Crippen LogP contribution in [-0.4, -0.2) is 43.9 Å². The van der Waals surface area contributed by atoms with Crippen LogP contribution in [0.1, 0.15) is 23.1 Å². The second-order valence-corrected chi connectivity index (χ2v) is 6.77. The van der Waals surface area contributed by atoms with E-state index in [1.165, 1.54) is 16.7 Å². The fourth-order valence-corrected chi connectivity index (χ4v) is 3.62. The number of nitrogens with zero attached hydrogens (tertiary/aromatic N) is 1. The van der Waals surface area contributed by atoms with Gasteiger partial charge in [0.2, 0.25) is 0 Å². The summed E-state index contributed by atoms with van der Waals surface area (Å²) in [5, 5.41) is 9.62. The second kappa shape index (κ2) is 7.79. The van der Waals surface area contributed by atoms with Gasteiger partial charge in [0.15, 0.2) is 11.5 Å². The molecule has 1 atom stereocenters. The lowest BCUT2D eigenvalue weighted by Crippen LogP contribution is -2.37. The Bertz CT molecular complexity index is 729. The molecule has 0 bridgehead atoms. The summed E-state index contributed by atoms with van der Waals surface area (Å²) >= 11 is 0. The molecule has 0 radical (unpaired) electrons. The molecule has 0 aromatic heterocycles. The summed E-state index contributed by atoms with van der Waals surface area (Å²) < 4.78 is 10.7. The van der Waals surface area contributed by atoms with Crippen molar-refractivity contribution >= 4 is 0 Å². The number of hydrogen-bond donors (Lipinski definition) is 1. The standard InChI is InChI=1S/C21H27NO3/c1-22(11-10-15-4-9-20(24-2)21(12-15)25-3)18-7-5-17-14-19(23)8-6-16(17)13-18/h4,6,8-9,12,14,18,23H,5,7,10-11,13H2,1-3H3. The number of benzene rings is 2. The largest absolute Gasteiger partial charge is 0.508 e. The van der Waals surface area contributed by atoms with E-state index in [0.717, 1.165) is 43.7 Å². The lowest BCUT2D eigenvalue weighted by Gasteiger charge is -2.32. The van der Waals surface area contributed by atoms with Crippen molar-refractivity contribution in [1.82, 2.24) is 4.90 Å². The highest BCUT2D eigenvalue weighted by atomic mass is 16.5. The van der Waals surface area contributed by atoms with Crippen LogP contribution in [0, 0.1) is 0 Å². The zero-order chi connectivity index (χ0) is 17.8. The molecule has 0 aliphatic heterocycles. The number of phenols is 1. The average Bonchev–Trinajstić information content (AvgIpc) is 2.65. The Kier molecular flexibility index (Phi) is 5.49. The zero-order valence-corrected chi connectivity index (χ0v) is 15.3. The van der Waals surface area contributed by atoms with Crippen LogP contribution in [-0.2, 0) is 19.3 Å². The van der Waals surface area contributed by atoms with Crippen molar-refractivity contribution in [3.8, 4) is 17.2 Å². The number of hydrogen-bond acceptors (Lipinski definition) is 4. The molecule has 4 heteroatoms. The van der Waals surface area contributed by atoms with Gasteiger partial charge in [-0.1, -0.05) is 12.1 Å². The van der Waals surface area contributed by atoms with E-state index in [9.17, 15) is 5.11 Å². The van der Waals surface area contributed by atoms with Gasteiger partial charge < -0.3 is 19.5 Å². The molecular formula is C21H27NO3. The van der Waals surface area contributed by atoms with Crippen LogP contribution in [0.3, 0.4) is 0 Å². The van der Waals surface area contributed by atoms with Gasteiger partial charge in [0.25, 0.3) is 0 Å². The van der Waals surface area contributed by atoms with E-state index in [1.807, 2.05) is 12.1 Å². The fourth-order valence-electron chi connectivity index (χ4n) is 3.62. The van der Waals surface area contributed by atoms with Crippen molar-refractivity contribution in [2.45, 2.75) is 31.7 Å². The molecule has 4 nitrogen and oxygen atoms in total. The van der Waals surface area contributed by atoms with Crippen LogP contribution in [0.15, 0.2) is 36.4 Å². The van der Waals surface area contributed by atoms with Gasteiger partial charge in [-0.15, -0.1) is 0 Å². The first-order valence-corrected chi connectivity index (χ1v) is 8.82. The Hall–Kier alpha value is -2.20. The highest BCUT2D eigenvalue weighted by Gasteiger charge is 2.22. The molecule has 1 aliphatic carbocycles. The Balaban J connectivity index is 1.60. The van der Waals surface area contributed by atoms with Crippen LogP contribution in [0.2, 0.25) is 0 Å². The number of fused-ring (bicyclic) bond motifs is 1. The molecule has 2 aromatic carbocycles. The lowest BCUT2D eigenvalue weighted by atomic mass is 9.87. The van der Waals surface area contributed by atoms with E-state index in [1.54, 1.807) is 20.3 Å². The Morgan fingerprint density at radius 3 is 2.60 bits per heavy atom. The number of ether oxygens (including phenoxy) is 2. The van der Waals surface area contributed by atoms with Crippen molar-refractivity contribution in [2.24, 2.45) is 0 Å². The van der Waals surface area contributed by atoms with E-state index in [-0.39, 0.29) is 0 Å². The maximum absolute atomic E-state index is 9.62. The third-order valence-electron chi connectivity index (χ3n) is 5.22. The van der Waals surface area contributed by atoms with Gasteiger partial charge >= 0.3 is 0 Å². The Morgan fingerprint density at radius 2 is 1.84 bits per heavy atom. The van der Waals surface area contributed by atoms with Crippen LogP contribution >= 0.6 is 0 Å². The number of aromatic hydroxyl groups is 1. The van der Waals surface area contributed by atoms with Crippen molar-refractivity contribution < 1.29 is 14.6 Å². The molecular weight excluding hydrogens is 314 g/mol. The Labute approximate surface area is 150 Å². The third-order valence-corrected chi connectivity index (χ3v) is 5.22. The third kappa shape index (κ3) is 4.07. The molecule has 1 aliphatic rings. The van der Waals surface area contributed by atoms with Crippen LogP contribution in [0.5, 0.6) is 17.2 Å². The normalized spacial score (nSPS) is 16.6. The summed E-state index contributed by atoms with van der Waals surface area (Å²) in [6, 6.07) is 12.5. The average molecular weight is 341 g/mol. The minimum Gasteiger partial charge on any atom is -0.508 e. The maximum atomic E-state index is 9.62. The maximum Gasteiger partial charge on any atom is 0.160 e. The molecule has 3 rings (SSSR count). The molecule has 0 saturated carbocycles. The number of methoxy groups -OCH3 is 2. The topological polar surface area (TPSA) is 41.9 Å². The number of aryl methyl sites for hydroxylation is 1. The smallest absolute Gasteiger partial charge is 0.160 e. The molecule has 2 aromatic rings. The quantitative estimate of drug-likeness (QED) is 0.874. The second-order valence-electron chi connectivity index (χ2n) is 6.77. The van der Waals surface area contributed by atoms with E-state index in [2.05, 4.69) is 30.1 Å². The summed E-state index contributed by atoms with van der Waals surface area (Å²) in [5.41, 5.74) is 3.92. The van der Waals surface area contributed by atoms with Gasteiger partial charge in [0.05, 0.1) is 14.2 Å². The first kappa shape index (κ1) is 17.6. The predicted octanol–water partition coefficient (Wildman–Crippen LogP) is 3.44. The summed E-state index contributed by atoms with van der Waals surface area (Å²) in [6.07, 6.45) is 4.21. The molecule has 0 spiro atoms. The van der Waals surface area contributed by atoms with E-state index < -0.39 is 0 Å². The lowest BCUT2D eigenvalue weighted by molar-refractivity contribution is 0.224. The molecule has 0 saturated heterocycles. The van der Waals surface area contributed by atoms with Crippen molar-refractivity contribution in [2.75, 3.05) is 27.8 Å². The summed E-state index contributed by atoms with van der Waals surface area (Å²) in [4.78, 5) is 2.45. The highest BCUT2D eigenvalue weighted by Crippen LogP contribution is 2.29. The molecule has 1 unspecified atom stereocenters. The predicted molar refractivity (Wildman–Crippen MR) is 99.8 cm³/mol. The molecule has 0 amide bonds. The first-order valence-electron chi connectivity index (χ1n) is 8.82. The first-order chi connectivity index (χ1) is 12.1. The van der Waals surface area contributed by atoms with Gasteiger partial charge in [-0.25, -0.2) is 0 Å². The molecule has 134 valence electrons. The van der Waals surface area contributed by atoms with Crippen molar-refractivity contribution in [3.05, 3.63) is 53.1 Å². The summed E-state index contributed by atoms with van der Waals surface area (Å²) in [6.45, 7) is 1.01. The van der Waals surface area contributed by atoms with Crippen LogP contribution in [0.25, 0.3) is 0 Å². The van der Waals surface area contributed by atoms with E-state index >= 15 is 0 Å². The Morgan fingerprint density at radius 1 is 1.04 bits per heavy atom. The molecule has 0 heterocycles. The molecule has 25 heavy (non-hydrogen) atoms. The van der Waals surface area contributed by atoms with Crippen molar-refractivity contribution in [1.29, 1.82) is 0 Å². The fraction of sp³-hybridized carbons (Fsp3) is 0.429. The van der Waals surface area contributed by atoms with Crippen molar-refractivity contribution in [3.63, 3.8) is 0 Å². The monoisotopic (exact) mass is 341 g/mol. The summed E-state index contributed by atoms with van der Waals surface area (Å²) in [5.74, 6) is 1.93. The number of rotatable bonds is 6. The van der Waals surface area contributed by atoms with Crippen LogP contribution < -0.4 is 9.47 Å². The van der Waals surface area contributed by atoms with Gasteiger partial charge in [0, 0.05) is 12.6 Å². The highest BCUT2D eigenvalue weighted by molar-refractivity contribution is 5.43. The van der Waals surface area contributed by atoms with Gasteiger partial charge in [0.1, 0.15) is 5.75 Å². The number of likely N-dealkylation sites (N-methyl/N-ethyl adjacent to an activating group) is 1. The van der Waals surface area contributed by atoms with E-state index in [0.29, 0.717) is 11.8 Å². The minimum atomic E-state index is 0.374. The SMILES string of the molecule is COc1ccc(CCN(C)C2CCc3cc(O)ccc3C2)cc1OC. The number of phenolic OH excluding ortho intramolecular Hbond substituents is 1. The zero-order valence-electron chi connectivity index (χ0n) is 15.3. The minimum absolute atomic E-state index is 0.374.